The maximum Gasteiger partial charge on any atom is 0.236 e. The third kappa shape index (κ3) is 2.97. The van der Waals surface area contributed by atoms with Crippen molar-refractivity contribution in [1.29, 1.82) is 0 Å². The maximum atomic E-state index is 11.7. The third-order valence-electron chi connectivity index (χ3n) is 2.72. The Kier molecular flexibility index (Phi) is 4.23. The summed E-state index contributed by atoms with van der Waals surface area (Å²) in [6.07, 6.45) is 3.20. The summed E-state index contributed by atoms with van der Waals surface area (Å²) in [5.74, 6) is 1.06. The van der Waals surface area contributed by atoms with Gasteiger partial charge in [0, 0.05) is 13.1 Å². The number of nitrogens with zero attached hydrogens (tertiary/aromatic N) is 1. The second-order valence-corrected chi connectivity index (χ2v) is 4.99. The van der Waals surface area contributed by atoms with Gasteiger partial charge in [-0.05, 0) is 25.2 Å². The second kappa shape index (κ2) is 4.99. The summed E-state index contributed by atoms with van der Waals surface area (Å²) in [4.78, 5) is 13.7. The van der Waals surface area contributed by atoms with E-state index in [0.29, 0.717) is 0 Å². The van der Waals surface area contributed by atoms with Crippen LogP contribution in [-0.2, 0) is 4.79 Å². The van der Waals surface area contributed by atoms with Gasteiger partial charge >= 0.3 is 0 Å². The lowest BCUT2D eigenvalue weighted by molar-refractivity contribution is -0.131. The molecule has 1 fully saturated rings. The monoisotopic (exact) mass is 247 g/mol. The van der Waals surface area contributed by atoms with Crippen molar-refractivity contribution in [3.05, 3.63) is 0 Å². The highest BCUT2D eigenvalue weighted by molar-refractivity contribution is 9.10. The number of likely N-dealkylation sites (tertiary alicyclic amines) is 1. The minimum Gasteiger partial charge on any atom is -0.342 e. The first kappa shape index (κ1) is 11.0. The first-order valence-electron chi connectivity index (χ1n) is 5.08. The van der Waals surface area contributed by atoms with Gasteiger partial charge in [0.1, 0.15) is 0 Å². The zero-order valence-corrected chi connectivity index (χ0v) is 10.0. The number of alkyl halides is 1. The van der Waals surface area contributed by atoms with Crippen molar-refractivity contribution in [1.82, 2.24) is 4.90 Å². The molecule has 13 heavy (non-hydrogen) atoms. The maximum absolute atomic E-state index is 11.7. The Morgan fingerprint density at radius 1 is 1.54 bits per heavy atom. The molecule has 2 nitrogen and oxygen atoms in total. The molecule has 76 valence electrons. The van der Waals surface area contributed by atoms with Gasteiger partial charge in [0.15, 0.2) is 0 Å². The highest BCUT2D eigenvalue weighted by atomic mass is 79.9. The Labute approximate surface area is 88.8 Å². The predicted molar refractivity (Wildman–Crippen MR) is 58.0 cm³/mol. The molecular formula is C10H18BrNO. The number of carbonyl (C=O) groups is 1. The number of piperidine rings is 1. The van der Waals surface area contributed by atoms with Crippen molar-refractivity contribution in [2.24, 2.45) is 5.92 Å². The molecular weight excluding hydrogens is 230 g/mol. The molecule has 3 heteroatoms. The molecule has 0 spiro atoms. The molecule has 0 bridgehead atoms. The number of carbonyl (C=O) groups excluding carboxylic acids is 1. The van der Waals surface area contributed by atoms with Gasteiger partial charge < -0.3 is 4.90 Å². The second-order valence-electron chi connectivity index (χ2n) is 3.88. The first-order valence-corrected chi connectivity index (χ1v) is 5.99. The van der Waals surface area contributed by atoms with E-state index in [-0.39, 0.29) is 10.7 Å². The van der Waals surface area contributed by atoms with Crippen LogP contribution in [0.4, 0.5) is 0 Å². The summed E-state index contributed by atoms with van der Waals surface area (Å²) < 4.78 is 0. The summed E-state index contributed by atoms with van der Waals surface area (Å²) in [5, 5.41) is 0. The van der Waals surface area contributed by atoms with Gasteiger partial charge in [0.2, 0.25) is 5.91 Å². The van der Waals surface area contributed by atoms with E-state index < -0.39 is 0 Å². The van der Waals surface area contributed by atoms with Crippen LogP contribution >= 0.6 is 15.9 Å². The van der Waals surface area contributed by atoms with Crippen LogP contribution < -0.4 is 0 Å². The zero-order chi connectivity index (χ0) is 9.84. The molecule has 0 aromatic carbocycles. The summed E-state index contributed by atoms with van der Waals surface area (Å²) in [6, 6.07) is 0. The normalized spacial score (nSPS) is 21.6. The van der Waals surface area contributed by atoms with Gasteiger partial charge in [-0.25, -0.2) is 0 Å². The van der Waals surface area contributed by atoms with Crippen LogP contribution in [0.2, 0.25) is 0 Å². The Morgan fingerprint density at radius 2 is 2.08 bits per heavy atom. The van der Waals surface area contributed by atoms with Crippen molar-refractivity contribution >= 4 is 21.8 Å². The van der Waals surface area contributed by atoms with E-state index in [1.165, 1.54) is 0 Å². The molecule has 0 aromatic rings. The van der Waals surface area contributed by atoms with Gasteiger partial charge in [-0.3, -0.25) is 4.79 Å². The molecule has 1 aliphatic rings. The number of halogens is 1. The molecule has 0 saturated carbocycles. The third-order valence-corrected chi connectivity index (χ3v) is 3.76. The smallest absolute Gasteiger partial charge is 0.236 e. The van der Waals surface area contributed by atoms with Gasteiger partial charge in [0.25, 0.3) is 0 Å². The van der Waals surface area contributed by atoms with E-state index in [4.69, 9.17) is 0 Å². The molecule has 0 aromatic heterocycles. The molecule has 1 heterocycles. The van der Waals surface area contributed by atoms with Crippen LogP contribution in [-0.4, -0.2) is 28.7 Å². The molecule has 1 saturated heterocycles. The Balaban J connectivity index is 2.40. The van der Waals surface area contributed by atoms with Crippen molar-refractivity contribution in [2.45, 2.75) is 37.9 Å². The Morgan fingerprint density at radius 3 is 2.54 bits per heavy atom. The van der Waals surface area contributed by atoms with Crippen LogP contribution in [0.5, 0.6) is 0 Å². The number of hydrogen-bond donors (Lipinski definition) is 0. The highest BCUT2D eigenvalue weighted by Crippen LogP contribution is 2.18. The highest BCUT2D eigenvalue weighted by Gasteiger charge is 2.23. The molecule has 0 radical (unpaired) electrons. The molecule has 0 aliphatic carbocycles. The minimum atomic E-state index is 0.0286. The van der Waals surface area contributed by atoms with E-state index in [9.17, 15) is 4.79 Å². The quantitative estimate of drug-likeness (QED) is 0.687. The zero-order valence-electron chi connectivity index (χ0n) is 8.42. The lowest BCUT2D eigenvalue weighted by atomic mass is 9.99. The number of amides is 1. The van der Waals surface area contributed by atoms with Crippen LogP contribution in [0.25, 0.3) is 0 Å². The summed E-state index contributed by atoms with van der Waals surface area (Å²) in [6.45, 7) is 6.18. The fourth-order valence-electron chi connectivity index (χ4n) is 1.60. The van der Waals surface area contributed by atoms with Crippen molar-refractivity contribution in [2.75, 3.05) is 13.1 Å². The van der Waals surface area contributed by atoms with Crippen LogP contribution in [0.15, 0.2) is 0 Å². The number of rotatable bonds is 2. The summed E-state index contributed by atoms with van der Waals surface area (Å²) in [5.41, 5.74) is 0. The lowest BCUT2D eigenvalue weighted by Gasteiger charge is -2.31. The lowest BCUT2D eigenvalue weighted by Crippen LogP contribution is -2.41. The minimum absolute atomic E-state index is 0.0286. The SMILES string of the molecule is CC[C@@H](Br)C(=O)N1CCC(C)CC1. The summed E-state index contributed by atoms with van der Waals surface area (Å²) in [7, 11) is 0. The Bertz CT molecular complexity index is 176. The largest absolute Gasteiger partial charge is 0.342 e. The molecule has 1 rings (SSSR count). The van der Waals surface area contributed by atoms with Gasteiger partial charge in [-0.2, -0.15) is 0 Å². The first-order chi connectivity index (χ1) is 6.15. The van der Waals surface area contributed by atoms with Crippen LogP contribution in [0, 0.1) is 5.92 Å². The predicted octanol–water partition coefficient (Wildman–Crippen LogP) is 2.42. The molecule has 1 aliphatic heterocycles. The van der Waals surface area contributed by atoms with E-state index in [0.717, 1.165) is 38.3 Å². The average Bonchev–Trinajstić information content (AvgIpc) is 2.17. The standard InChI is InChI=1S/C10H18BrNO/c1-3-9(11)10(13)12-6-4-8(2)5-7-12/h8-9H,3-7H2,1-2H3/t9-/m1/s1. The Hall–Kier alpha value is -0.0500. The van der Waals surface area contributed by atoms with E-state index in [1.54, 1.807) is 0 Å². The van der Waals surface area contributed by atoms with E-state index in [1.807, 2.05) is 11.8 Å². The van der Waals surface area contributed by atoms with Gasteiger partial charge in [-0.1, -0.05) is 29.8 Å². The molecule has 0 unspecified atom stereocenters. The average molecular weight is 248 g/mol. The molecule has 1 amide bonds. The van der Waals surface area contributed by atoms with Gasteiger partial charge in [-0.15, -0.1) is 0 Å². The van der Waals surface area contributed by atoms with Crippen molar-refractivity contribution in [3.63, 3.8) is 0 Å². The topological polar surface area (TPSA) is 20.3 Å². The van der Waals surface area contributed by atoms with E-state index in [2.05, 4.69) is 22.9 Å². The van der Waals surface area contributed by atoms with Crippen LogP contribution in [0.1, 0.15) is 33.1 Å². The number of hydrogen-bond acceptors (Lipinski definition) is 1. The fraction of sp³-hybridized carbons (Fsp3) is 0.900. The molecule has 0 N–H and O–H groups in total. The molecule has 1 atom stereocenters. The fourth-order valence-corrected chi connectivity index (χ4v) is 1.89. The summed E-state index contributed by atoms with van der Waals surface area (Å²) >= 11 is 3.40. The van der Waals surface area contributed by atoms with Crippen molar-refractivity contribution in [3.8, 4) is 0 Å². The van der Waals surface area contributed by atoms with Gasteiger partial charge in [0.05, 0.1) is 4.83 Å². The van der Waals surface area contributed by atoms with Crippen LogP contribution in [0.3, 0.4) is 0 Å². The van der Waals surface area contributed by atoms with Crippen molar-refractivity contribution < 1.29 is 4.79 Å². The van der Waals surface area contributed by atoms with E-state index >= 15 is 0 Å².